The van der Waals surface area contributed by atoms with Gasteiger partial charge in [-0.25, -0.2) is 0 Å². The van der Waals surface area contributed by atoms with Crippen LogP contribution in [0.15, 0.2) is 54.7 Å². The van der Waals surface area contributed by atoms with Gasteiger partial charge in [0.1, 0.15) is 0 Å². The molecule has 0 saturated carbocycles. The number of benzene rings is 2. The van der Waals surface area contributed by atoms with Crippen molar-refractivity contribution < 1.29 is 0 Å². The number of halogens is 2. The molecule has 0 atom stereocenters. The van der Waals surface area contributed by atoms with Crippen LogP contribution < -0.4 is 10.2 Å². The van der Waals surface area contributed by atoms with Crippen molar-refractivity contribution in [1.82, 2.24) is 15.2 Å². The lowest BCUT2D eigenvalue weighted by molar-refractivity contribution is 0.831. The van der Waals surface area contributed by atoms with Gasteiger partial charge in [0.15, 0.2) is 5.82 Å². The van der Waals surface area contributed by atoms with Crippen LogP contribution in [-0.2, 0) is 6.54 Å². The smallest absolute Gasteiger partial charge is 0.247 e. The van der Waals surface area contributed by atoms with Crippen molar-refractivity contribution >= 4 is 40.7 Å². The van der Waals surface area contributed by atoms with E-state index in [4.69, 9.17) is 23.2 Å². The molecule has 0 saturated heterocycles. The minimum Gasteiger partial charge on any atom is -0.338 e. The second-order valence-corrected chi connectivity index (χ2v) is 5.99. The fourth-order valence-electron chi connectivity index (χ4n) is 2.18. The molecule has 7 heteroatoms. The number of rotatable bonds is 5. The van der Waals surface area contributed by atoms with Crippen LogP contribution in [-0.4, -0.2) is 22.2 Å². The quantitative estimate of drug-likeness (QED) is 0.723. The summed E-state index contributed by atoms with van der Waals surface area (Å²) in [5, 5.41) is 12.1. The Morgan fingerprint density at radius 2 is 1.83 bits per heavy atom. The molecule has 0 aliphatic rings. The summed E-state index contributed by atoms with van der Waals surface area (Å²) in [5.74, 6) is 1.06. The van der Waals surface area contributed by atoms with E-state index in [0.29, 0.717) is 34.0 Å². The van der Waals surface area contributed by atoms with Crippen molar-refractivity contribution in [2.24, 2.45) is 0 Å². The fraction of sp³-hybridized carbons (Fsp3) is 0.118. The van der Waals surface area contributed by atoms with Gasteiger partial charge in [0.05, 0.1) is 21.9 Å². The maximum absolute atomic E-state index is 6.18. The van der Waals surface area contributed by atoms with E-state index in [0.717, 1.165) is 0 Å². The largest absolute Gasteiger partial charge is 0.338 e. The maximum atomic E-state index is 6.18. The first kappa shape index (κ1) is 16.5. The van der Waals surface area contributed by atoms with Gasteiger partial charge in [-0.3, -0.25) is 0 Å². The van der Waals surface area contributed by atoms with Crippen LogP contribution in [0.4, 0.5) is 17.5 Å². The van der Waals surface area contributed by atoms with E-state index in [1.807, 2.05) is 42.3 Å². The van der Waals surface area contributed by atoms with Gasteiger partial charge in [-0.2, -0.15) is 10.1 Å². The molecular formula is C17H15Cl2N5. The predicted octanol–water partition coefficient (Wildman–Crippen LogP) is 4.56. The number of aromatic nitrogens is 3. The molecule has 5 nitrogen and oxygen atoms in total. The van der Waals surface area contributed by atoms with Crippen molar-refractivity contribution in [3.05, 3.63) is 70.3 Å². The number of nitrogens with zero attached hydrogens (tertiary/aromatic N) is 4. The Bertz CT molecular complexity index is 826. The zero-order valence-corrected chi connectivity index (χ0v) is 14.5. The Kier molecular flexibility index (Phi) is 5.13. The van der Waals surface area contributed by atoms with Crippen LogP contribution >= 0.6 is 23.2 Å². The van der Waals surface area contributed by atoms with E-state index < -0.39 is 0 Å². The Hall–Kier alpha value is -2.37. The van der Waals surface area contributed by atoms with E-state index in [1.54, 1.807) is 6.07 Å². The Morgan fingerprint density at radius 3 is 2.62 bits per heavy atom. The second-order valence-electron chi connectivity index (χ2n) is 5.21. The highest BCUT2D eigenvalue weighted by Crippen LogP contribution is 2.31. The van der Waals surface area contributed by atoms with E-state index in [2.05, 4.69) is 32.6 Å². The molecule has 0 unspecified atom stereocenters. The normalized spacial score (nSPS) is 10.5. The number of nitrogens with one attached hydrogen (secondary N) is 1. The lowest BCUT2D eigenvalue weighted by atomic mass is 10.2. The van der Waals surface area contributed by atoms with Crippen molar-refractivity contribution in [3.8, 4) is 0 Å². The molecule has 24 heavy (non-hydrogen) atoms. The fourth-order valence-corrected chi connectivity index (χ4v) is 2.53. The molecule has 3 rings (SSSR count). The highest BCUT2D eigenvalue weighted by atomic mass is 35.5. The van der Waals surface area contributed by atoms with Gasteiger partial charge in [-0.05, 0) is 17.7 Å². The molecule has 1 aromatic heterocycles. The summed E-state index contributed by atoms with van der Waals surface area (Å²) in [5.41, 5.74) is 1.83. The summed E-state index contributed by atoms with van der Waals surface area (Å²) in [6.45, 7) is 0.684. The minimum absolute atomic E-state index is 0.442. The summed E-state index contributed by atoms with van der Waals surface area (Å²) in [7, 11) is 1.92. The van der Waals surface area contributed by atoms with Crippen molar-refractivity contribution in [3.63, 3.8) is 0 Å². The molecule has 2 aromatic carbocycles. The molecule has 0 aliphatic carbocycles. The Morgan fingerprint density at radius 1 is 1.04 bits per heavy atom. The van der Waals surface area contributed by atoms with E-state index in [9.17, 15) is 0 Å². The first-order valence-electron chi connectivity index (χ1n) is 7.29. The van der Waals surface area contributed by atoms with E-state index in [1.165, 1.54) is 11.8 Å². The zero-order valence-electron chi connectivity index (χ0n) is 12.9. The minimum atomic E-state index is 0.442. The predicted molar refractivity (Wildman–Crippen MR) is 98.1 cm³/mol. The van der Waals surface area contributed by atoms with Gasteiger partial charge in [0, 0.05) is 13.6 Å². The zero-order chi connectivity index (χ0) is 16.9. The first-order valence-corrected chi connectivity index (χ1v) is 8.05. The third kappa shape index (κ3) is 3.93. The van der Waals surface area contributed by atoms with Gasteiger partial charge in [-0.1, -0.05) is 59.6 Å². The van der Waals surface area contributed by atoms with Gasteiger partial charge >= 0.3 is 0 Å². The van der Waals surface area contributed by atoms with E-state index in [-0.39, 0.29) is 0 Å². The lowest BCUT2D eigenvalue weighted by Crippen LogP contribution is -2.19. The molecule has 0 radical (unpaired) electrons. The lowest BCUT2D eigenvalue weighted by Gasteiger charge is -2.17. The van der Waals surface area contributed by atoms with Gasteiger partial charge in [-0.15, -0.1) is 5.10 Å². The highest BCUT2D eigenvalue weighted by molar-refractivity contribution is 6.43. The Labute approximate surface area is 150 Å². The van der Waals surface area contributed by atoms with Gasteiger partial charge < -0.3 is 10.2 Å². The standard InChI is InChI=1S/C17H15Cl2N5/c1-24(11-12-6-3-2-4-7-12)17-22-15(10-20-23-17)21-14-9-5-8-13(18)16(14)19/h2-10H,11H2,1H3,(H,21,22,23). The summed E-state index contributed by atoms with van der Waals surface area (Å²) in [4.78, 5) is 6.40. The van der Waals surface area contributed by atoms with Crippen molar-refractivity contribution in [1.29, 1.82) is 0 Å². The molecule has 0 spiro atoms. The topological polar surface area (TPSA) is 53.9 Å². The number of anilines is 3. The monoisotopic (exact) mass is 359 g/mol. The average Bonchev–Trinajstić information content (AvgIpc) is 2.60. The third-order valence-corrected chi connectivity index (χ3v) is 4.18. The maximum Gasteiger partial charge on any atom is 0.247 e. The highest BCUT2D eigenvalue weighted by Gasteiger charge is 2.09. The second kappa shape index (κ2) is 7.47. The average molecular weight is 360 g/mol. The SMILES string of the molecule is CN(Cc1ccccc1)c1nncc(Nc2cccc(Cl)c2Cl)n1. The van der Waals surface area contributed by atoms with Crippen LogP contribution in [0.2, 0.25) is 10.0 Å². The summed E-state index contributed by atoms with van der Waals surface area (Å²) in [6, 6.07) is 15.5. The molecule has 0 bridgehead atoms. The first-order chi connectivity index (χ1) is 11.6. The third-order valence-electron chi connectivity index (χ3n) is 3.37. The van der Waals surface area contributed by atoms with Crippen LogP contribution in [0, 0.1) is 0 Å². The molecule has 3 aromatic rings. The Balaban J connectivity index is 1.77. The van der Waals surface area contributed by atoms with Crippen molar-refractivity contribution in [2.75, 3.05) is 17.3 Å². The van der Waals surface area contributed by atoms with Gasteiger partial charge in [0.25, 0.3) is 0 Å². The van der Waals surface area contributed by atoms with Gasteiger partial charge in [0.2, 0.25) is 5.95 Å². The molecular weight excluding hydrogens is 345 g/mol. The van der Waals surface area contributed by atoms with Crippen molar-refractivity contribution in [2.45, 2.75) is 6.54 Å². The van der Waals surface area contributed by atoms with Crippen LogP contribution in [0.1, 0.15) is 5.56 Å². The van der Waals surface area contributed by atoms with E-state index >= 15 is 0 Å². The molecule has 122 valence electrons. The molecule has 0 aliphatic heterocycles. The molecule has 0 fully saturated rings. The molecule has 1 heterocycles. The summed E-state index contributed by atoms with van der Waals surface area (Å²) < 4.78 is 0. The van der Waals surface area contributed by atoms with Crippen LogP contribution in [0.25, 0.3) is 0 Å². The molecule has 1 N–H and O–H groups in total. The number of hydrogen-bond donors (Lipinski definition) is 1. The summed E-state index contributed by atoms with van der Waals surface area (Å²) >= 11 is 12.2. The van der Waals surface area contributed by atoms with Crippen LogP contribution in [0.3, 0.4) is 0 Å². The number of hydrogen-bond acceptors (Lipinski definition) is 5. The summed E-state index contributed by atoms with van der Waals surface area (Å²) in [6.07, 6.45) is 1.54. The molecule has 0 amide bonds. The van der Waals surface area contributed by atoms with Crippen LogP contribution in [0.5, 0.6) is 0 Å².